The van der Waals surface area contributed by atoms with Gasteiger partial charge in [0.25, 0.3) is 0 Å². The van der Waals surface area contributed by atoms with Crippen molar-refractivity contribution in [3.8, 4) is 11.5 Å². The summed E-state index contributed by atoms with van der Waals surface area (Å²) in [6.45, 7) is 2.46. The second kappa shape index (κ2) is 6.79. The molecule has 0 unspecified atom stereocenters. The van der Waals surface area contributed by atoms with Crippen LogP contribution in [-0.4, -0.2) is 32.2 Å². The molecule has 0 atom stereocenters. The second-order valence-electron chi connectivity index (χ2n) is 5.13. The van der Waals surface area contributed by atoms with Crippen LogP contribution in [0.4, 0.5) is 0 Å². The lowest BCUT2D eigenvalue weighted by atomic mass is 9.90. The molecule has 4 nitrogen and oxygen atoms in total. The van der Waals surface area contributed by atoms with Crippen molar-refractivity contribution >= 4 is 21.7 Å². The fraction of sp³-hybridized carbons (Fsp3) is 0.562. The molecule has 0 aliphatic heterocycles. The van der Waals surface area contributed by atoms with Gasteiger partial charge in [-0.25, -0.2) is 0 Å². The van der Waals surface area contributed by atoms with E-state index < -0.39 is 5.60 Å². The molecule has 1 aliphatic rings. The Labute approximate surface area is 133 Å². The molecule has 1 aromatic rings. The summed E-state index contributed by atoms with van der Waals surface area (Å²) < 4.78 is 17.2. The van der Waals surface area contributed by atoms with E-state index in [0.717, 1.165) is 25.7 Å². The summed E-state index contributed by atoms with van der Waals surface area (Å²) in [5.74, 6) is 1.15. The number of hydrogen-bond acceptors (Lipinski definition) is 4. The third-order valence-corrected chi connectivity index (χ3v) is 4.73. The van der Waals surface area contributed by atoms with E-state index in [0.29, 0.717) is 28.1 Å². The van der Waals surface area contributed by atoms with E-state index in [1.165, 1.54) is 0 Å². The Balaban J connectivity index is 2.45. The van der Waals surface area contributed by atoms with Crippen molar-refractivity contribution in [2.75, 3.05) is 20.8 Å². The predicted octanol–water partition coefficient (Wildman–Crippen LogP) is 4.00. The zero-order valence-corrected chi connectivity index (χ0v) is 14.3. The maximum absolute atomic E-state index is 13.0. The van der Waals surface area contributed by atoms with Gasteiger partial charge in [-0.2, -0.15) is 0 Å². The number of ether oxygens (including phenoxy) is 3. The lowest BCUT2D eigenvalue weighted by molar-refractivity contribution is -0.0165. The Bertz CT molecular complexity index is 521. The summed E-state index contributed by atoms with van der Waals surface area (Å²) >= 11 is 3.44. The first kappa shape index (κ1) is 16.3. The zero-order chi connectivity index (χ0) is 15.5. The number of methoxy groups -OCH3 is 2. The van der Waals surface area contributed by atoms with Gasteiger partial charge < -0.3 is 14.2 Å². The van der Waals surface area contributed by atoms with Crippen molar-refractivity contribution in [1.29, 1.82) is 0 Å². The Morgan fingerprint density at radius 1 is 1.24 bits per heavy atom. The molecule has 1 saturated carbocycles. The van der Waals surface area contributed by atoms with Crippen molar-refractivity contribution in [2.24, 2.45) is 0 Å². The topological polar surface area (TPSA) is 44.8 Å². The van der Waals surface area contributed by atoms with Crippen molar-refractivity contribution in [3.63, 3.8) is 0 Å². The zero-order valence-electron chi connectivity index (χ0n) is 12.7. The predicted molar refractivity (Wildman–Crippen MR) is 84.4 cm³/mol. The molecule has 0 heterocycles. The minimum atomic E-state index is -0.698. The second-order valence-corrected chi connectivity index (χ2v) is 5.92. The molecule has 5 heteroatoms. The van der Waals surface area contributed by atoms with Gasteiger partial charge in [0.2, 0.25) is 0 Å². The van der Waals surface area contributed by atoms with Crippen LogP contribution >= 0.6 is 15.9 Å². The van der Waals surface area contributed by atoms with Gasteiger partial charge in [0, 0.05) is 6.61 Å². The molecular formula is C16H21BrO4. The van der Waals surface area contributed by atoms with Gasteiger partial charge in [-0.15, -0.1) is 0 Å². The summed E-state index contributed by atoms with van der Waals surface area (Å²) in [5.41, 5.74) is -0.156. The van der Waals surface area contributed by atoms with Gasteiger partial charge >= 0.3 is 0 Å². The van der Waals surface area contributed by atoms with E-state index in [-0.39, 0.29) is 5.78 Å². The Morgan fingerprint density at radius 3 is 2.43 bits per heavy atom. The molecule has 0 aromatic heterocycles. The van der Waals surface area contributed by atoms with E-state index in [1.54, 1.807) is 26.4 Å². The molecule has 0 amide bonds. The first-order chi connectivity index (χ1) is 10.1. The molecule has 1 aliphatic carbocycles. The quantitative estimate of drug-likeness (QED) is 0.722. The lowest BCUT2D eigenvalue weighted by Gasteiger charge is -2.28. The van der Waals surface area contributed by atoms with E-state index in [1.807, 2.05) is 6.92 Å². The minimum Gasteiger partial charge on any atom is -0.495 e. The molecule has 0 radical (unpaired) electrons. The van der Waals surface area contributed by atoms with Crippen LogP contribution in [0.5, 0.6) is 11.5 Å². The summed E-state index contributed by atoms with van der Waals surface area (Å²) in [5, 5.41) is 0. The summed E-state index contributed by atoms with van der Waals surface area (Å²) in [6, 6.07) is 3.53. The SMILES string of the molecule is CCOC1(C(=O)c2ccc(OC)c(Br)c2OC)CCCC1. The molecule has 0 bridgehead atoms. The van der Waals surface area contributed by atoms with Crippen molar-refractivity contribution in [3.05, 3.63) is 22.2 Å². The first-order valence-electron chi connectivity index (χ1n) is 7.19. The molecule has 116 valence electrons. The number of ketones is 1. The van der Waals surface area contributed by atoms with E-state index in [2.05, 4.69) is 15.9 Å². The highest BCUT2D eigenvalue weighted by Crippen LogP contribution is 2.42. The van der Waals surface area contributed by atoms with Gasteiger partial charge in [-0.05, 0) is 60.7 Å². The molecule has 1 aromatic carbocycles. The number of benzene rings is 1. The maximum atomic E-state index is 13.0. The number of halogens is 1. The lowest BCUT2D eigenvalue weighted by Crippen LogP contribution is -2.39. The van der Waals surface area contributed by atoms with E-state index in [4.69, 9.17) is 14.2 Å². The normalized spacial score (nSPS) is 16.8. The highest BCUT2D eigenvalue weighted by molar-refractivity contribution is 9.10. The standard InChI is InChI=1S/C16H21BrO4/c1-4-21-16(9-5-6-10-16)15(18)11-7-8-12(19-2)13(17)14(11)20-3/h7-8H,4-6,9-10H2,1-3H3. The number of rotatable bonds is 6. The fourth-order valence-corrected chi connectivity index (χ4v) is 3.65. The van der Waals surface area contributed by atoms with Gasteiger partial charge in [0.1, 0.15) is 21.6 Å². The smallest absolute Gasteiger partial charge is 0.198 e. The Hall–Kier alpha value is -1.07. The van der Waals surface area contributed by atoms with E-state index in [9.17, 15) is 4.79 Å². The van der Waals surface area contributed by atoms with Crippen LogP contribution < -0.4 is 9.47 Å². The summed E-state index contributed by atoms with van der Waals surface area (Å²) in [6.07, 6.45) is 3.58. The summed E-state index contributed by atoms with van der Waals surface area (Å²) in [7, 11) is 3.14. The van der Waals surface area contributed by atoms with Crippen LogP contribution in [-0.2, 0) is 4.74 Å². The average molecular weight is 357 g/mol. The molecule has 0 N–H and O–H groups in total. The maximum Gasteiger partial charge on any atom is 0.198 e. The molecule has 2 rings (SSSR count). The molecular weight excluding hydrogens is 336 g/mol. The third-order valence-electron chi connectivity index (χ3n) is 3.98. The number of carbonyl (C=O) groups is 1. The third kappa shape index (κ3) is 2.94. The van der Waals surface area contributed by atoms with E-state index >= 15 is 0 Å². The van der Waals surface area contributed by atoms with Crippen molar-refractivity contribution in [1.82, 2.24) is 0 Å². The van der Waals surface area contributed by atoms with Crippen LogP contribution in [0.15, 0.2) is 16.6 Å². The Kier molecular flexibility index (Phi) is 5.27. The Morgan fingerprint density at radius 2 is 1.90 bits per heavy atom. The average Bonchev–Trinajstić information content (AvgIpc) is 2.96. The fourth-order valence-electron chi connectivity index (χ4n) is 2.98. The monoisotopic (exact) mass is 356 g/mol. The summed E-state index contributed by atoms with van der Waals surface area (Å²) in [4.78, 5) is 13.0. The van der Waals surface area contributed by atoms with Gasteiger partial charge in [0.05, 0.1) is 19.8 Å². The van der Waals surface area contributed by atoms with Crippen molar-refractivity contribution < 1.29 is 19.0 Å². The number of hydrogen-bond donors (Lipinski definition) is 0. The minimum absolute atomic E-state index is 0.00190. The van der Waals surface area contributed by atoms with Gasteiger partial charge in [-0.3, -0.25) is 4.79 Å². The van der Waals surface area contributed by atoms with Crippen LogP contribution in [0.25, 0.3) is 0 Å². The molecule has 1 fully saturated rings. The van der Waals surface area contributed by atoms with Crippen LogP contribution in [0, 0.1) is 0 Å². The van der Waals surface area contributed by atoms with Crippen LogP contribution in [0.1, 0.15) is 43.0 Å². The highest BCUT2D eigenvalue weighted by atomic mass is 79.9. The van der Waals surface area contributed by atoms with Gasteiger partial charge in [0.15, 0.2) is 5.78 Å². The molecule has 0 spiro atoms. The highest BCUT2D eigenvalue weighted by Gasteiger charge is 2.43. The first-order valence-corrected chi connectivity index (χ1v) is 7.98. The van der Waals surface area contributed by atoms with Crippen LogP contribution in [0.2, 0.25) is 0 Å². The van der Waals surface area contributed by atoms with Gasteiger partial charge in [-0.1, -0.05) is 0 Å². The number of carbonyl (C=O) groups excluding carboxylic acids is 1. The number of Topliss-reactive ketones (excluding diaryl/α,β-unsaturated/α-hetero) is 1. The molecule has 21 heavy (non-hydrogen) atoms. The molecule has 0 saturated heterocycles. The largest absolute Gasteiger partial charge is 0.495 e. The van der Waals surface area contributed by atoms with Crippen LogP contribution in [0.3, 0.4) is 0 Å². The van der Waals surface area contributed by atoms with Crippen molar-refractivity contribution in [2.45, 2.75) is 38.2 Å².